The van der Waals surface area contributed by atoms with Gasteiger partial charge in [-0.1, -0.05) is 0 Å². The van der Waals surface area contributed by atoms with Gasteiger partial charge in [0.25, 0.3) is 0 Å². The summed E-state index contributed by atoms with van der Waals surface area (Å²) in [7, 11) is 0. The molecular formula is C7H8N2O3. The first-order chi connectivity index (χ1) is 5.52. The number of aliphatic carboxylic acids is 1. The Bertz CT molecular complexity index is 304. The van der Waals surface area contributed by atoms with Crippen molar-refractivity contribution < 1.29 is 14.7 Å². The molecule has 0 saturated carbocycles. The minimum atomic E-state index is -1.24. The first-order valence-electron chi connectivity index (χ1n) is 3.24. The van der Waals surface area contributed by atoms with Crippen LogP contribution < -0.4 is 11.5 Å². The molecule has 1 unspecified atom stereocenters. The summed E-state index contributed by atoms with van der Waals surface area (Å²) in [4.78, 5) is 21.5. The third kappa shape index (κ3) is 1.29. The first kappa shape index (κ1) is 8.32. The van der Waals surface area contributed by atoms with Gasteiger partial charge in [0.1, 0.15) is 5.92 Å². The van der Waals surface area contributed by atoms with Crippen LogP contribution in [0.5, 0.6) is 0 Å². The molecule has 5 N–H and O–H groups in total. The number of allylic oxidation sites excluding steroid dienone is 2. The average molecular weight is 168 g/mol. The summed E-state index contributed by atoms with van der Waals surface area (Å²) in [5.74, 6) is -3.08. The molecule has 5 heteroatoms. The van der Waals surface area contributed by atoms with Gasteiger partial charge in [0.15, 0.2) is 5.78 Å². The van der Waals surface area contributed by atoms with Gasteiger partial charge in [-0.3, -0.25) is 9.59 Å². The van der Waals surface area contributed by atoms with Crippen molar-refractivity contribution in [2.45, 2.75) is 0 Å². The van der Waals surface area contributed by atoms with Gasteiger partial charge in [-0.15, -0.1) is 0 Å². The number of ketones is 1. The summed E-state index contributed by atoms with van der Waals surface area (Å²) in [6.07, 6.45) is 2.42. The van der Waals surface area contributed by atoms with Gasteiger partial charge < -0.3 is 16.6 Å². The fraction of sp³-hybridized carbons (Fsp3) is 0.143. The zero-order valence-electron chi connectivity index (χ0n) is 6.15. The fourth-order valence-electron chi connectivity index (χ4n) is 0.930. The Morgan fingerprint density at radius 1 is 1.50 bits per heavy atom. The molecule has 1 atom stereocenters. The maximum Gasteiger partial charge on any atom is 0.318 e. The van der Waals surface area contributed by atoms with Gasteiger partial charge in [-0.25, -0.2) is 0 Å². The van der Waals surface area contributed by atoms with Gasteiger partial charge in [0, 0.05) is 5.70 Å². The predicted molar refractivity (Wildman–Crippen MR) is 40.7 cm³/mol. The van der Waals surface area contributed by atoms with Crippen molar-refractivity contribution in [2.75, 3.05) is 0 Å². The predicted octanol–water partition coefficient (Wildman–Crippen LogP) is -1.04. The molecule has 0 heterocycles. The van der Waals surface area contributed by atoms with E-state index in [9.17, 15) is 9.59 Å². The summed E-state index contributed by atoms with van der Waals surface area (Å²) in [6.45, 7) is 0. The lowest BCUT2D eigenvalue weighted by Gasteiger charge is -2.12. The molecule has 0 radical (unpaired) electrons. The molecule has 1 aliphatic rings. The van der Waals surface area contributed by atoms with E-state index in [1.165, 1.54) is 12.2 Å². The lowest BCUT2D eigenvalue weighted by Crippen LogP contribution is -2.30. The number of Topliss-reactive ketones (excluding diaryl/α,β-unsaturated/α-hetero) is 1. The minimum absolute atomic E-state index is 0.109. The van der Waals surface area contributed by atoms with Crippen LogP contribution in [0, 0.1) is 5.92 Å². The molecule has 0 fully saturated rings. The highest BCUT2D eigenvalue weighted by Crippen LogP contribution is 2.13. The molecule has 1 rings (SSSR count). The Balaban J connectivity index is 3.02. The van der Waals surface area contributed by atoms with E-state index < -0.39 is 17.7 Å². The Hall–Kier alpha value is -1.78. The smallest absolute Gasteiger partial charge is 0.318 e. The number of rotatable bonds is 1. The van der Waals surface area contributed by atoms with Crippen LogP contribution in [0.25, 0.3) is 0 Å². The van der Waals surface area contributed by atoms with E-state index in [2.05, 4.69) is 0 Å². The quantitative estimate of drug-likeness (QED) is 0.433. The van der Waals surface area contributed by atoms with Crippen LogP contribution in [0.3, 0.4) is 0 Å². The molecule has 0 amide bonds. The summed E-state index contributed by atoms with van der Waals surface area (Å²) in [5, 5.41) is 8.54. The van der Waals surface area contributed by atoms with Crippen LogP contribution in [-0.4, -0.2) is 16.9 Å². The molecule has 0 aromatic heterocycles. The molecular weight excluding hydrogens is 160 g/mol. The highest BCUT2D eigenvalue weighted by Gasteiger charge is 2.28. The number of nitrogens with two attached hydrogens (primary N) is 2. The van der Waals surface area contributed by atoms with Gasteiger partial charge in [0.05, 0.1) is 5.70 Å². The number of hydrogen-bond donors (Lipinski definition) is 3. The van der Waals surface area contributed by atoms with Crippen LogP contribution in [0.2, 0.25) is 0 Å². The maximum absolute atomic E-state index is 11.0. The van der Waals surface area contributed by atoms with Gasteiger partial charge in [0.2, 0.25) is 0 Å². The molecule has 0 aromatic rings. The molecule has 0 bridgehead atoms. The van der Waals surface area contributed by atoms with Crippen molar-refractivity contribution in [2.24, 2.45) is 17.4 Å². The lowest BCUT2D eigenvalue weighted by molar-refractivity contribution is -0.143. The van der Waals surface area contributed by atoms with Crippen LogP contribution in [0.15, 0.2) is 23.5 Å². The molecule has 0 aliphatic heterocycles. The molecule has 0 spiro atoms. The second-order valence-electron chi connectivity index (χ2n) is 2.45. The first-order valence-corrected chi connectivity index (χ1v) is 3.24. The fourth-order valence-corrected chi connectivity index (χ4v) is 0.930. The Morgan fingerprint density at radius 3 is 2.58 bits per heavy atom. The largest absolute Gasteiger partial charge is 0.480 e. The minimum Gasteiger partial charge on any atom is -0.480 e. The maximum atomic E-state index is 11.0. The van der Waals surface area contributed by atoms with Crippen molar-refractivity contribution in [3.8, 4) is 0 Å². The summed E-state index contributed by atoms with van der Waals surface area (Å²) >= 11 is 0. The number of carboxylic acids is 1. The van der Waals surface area contributed by atoms with Crippen molar-refractivity contribution in [3.63, 3.8) is 0 Å². The van der Waals surface area contributed by atoms with E-state index in [1.807, 2.05) is 0 Å². The van der Waals surface area contributed by atoms with E-state index in [4.69, 9.17) is 16.6 Å². The van der Waals surface area contributed by atoms with E-state index in [1.54, 1.807) is 0 Å². The van der Waals surface area contributed by atoms with Crippen LogP contribution in [-0.2, 0) is 9.59 Å². The SMILES string of the molecule is NC1=CC(C(=O)O)C(=O)C(N)=C1. The number of hydrogen-bond acceptors (Lipinski definition) is 4. The average Bonchev–Trinajstić information content (AvgIpc) is 1.96. The standard InChI is InChI=1S/C7H8N2O3/c8-3-1-4(7(11)12)6(10)5(9)2-3/h1-2,4H,8-9H2,(H,11,12). The van der Waals surface area contributed by atoms with Gasteiger partial charge in [-0.2, -0.15) is 0 Å². The lowest BCUT2D eigenvalue weighted by atomic mass is 9.96. The second kappa shape index (κ2) is 2.69. The Morgan fingerprint density at radius 2 is 2.08 bits per heavy atom. The van der Waals surface area contributed by atoms with Crippen LogP contribution >= 0.6 is 0 Å². The summed E-state index contributed by atoms with van der Waals surface area (Å²) < 4.78 is 0. The zero-order chi connectivity index (χ0) is 9.30. The van der Waals surface area contributed by atoms with E-state index in [0.717, 1.165) is 0 Å². The second-order valence-corrected chi connectivity index (χ2v) is 2.45. The van der Waals surface area contributed by atoms with Crippen molar-refractivity contribution in [3.05, 3.63) is 23.5 Å². The summed E-state index contributed by atoms with van der Waals surface area (Å²) in [5.41, 5.74) is 10.6. The third-order valence-electron chi connectivity index (χ3n) is 1.51. The molecule has 0 aromatic carbocycles. The number of carboxylic acid groups (broad SMARTS) is 1. The molecule has 64 valence electrons. The van der Waals surface area contributed by atoms with Gasteiger partial charge in [-0.05, 0) is 12.2 Å². The Labute approximate surface area is 68.3 Å². The van der Waals surface area contributed by atoms with E-state index in [-0.39, 0.29) is 11.4 Å². The number of carbonyl (C=O) groups excluding carboxylic acids is 1. The molecule has 5 nitrogen and oxygen atoms in total. The molecule has 0 saturated heterocycles. The van der Waals surface area contributed by atoms with Crippen molar-refractivity contribution >= 4 is 11.8 Å². The normalized spacial score (nSPS) is 23.0. The highest BCUT2D eigenvalue weighted by atomic mass is 16.4. The van der Waals surface area contributed by atoms with E-state index in [0.29, 0.717) is 0 Å². The highest BCUT2D eigenvalue weighted by molar-refractivity contribution is 6.10. The van der Waals surface area contributed by atoms with Gasteiger partial charge >= 0.3 is 5.97 Å². The number of carbonyl (C=O) groups is 2. The Kier molecular flexibility index (Phi) is 1.86. The third-order valence-corrected chi connectivity index (χ3v) is 1.51. The zero-order valence-corrected chi connectivity index (χ0v) is 6.15. The van der Waals surface area contributed by atoms with Crippen molar-refractivity contribution in [1.29, 1.82) is 0 Å². The van der Waals surface area contributed by atoms with Crippen molar-refractivity contribution in [1.82, 2.24) is 0 Å². The van der Waals surface area contributed by atoms with Crippen LogP contribution in [0.1, 0.15) is 0 Å². The monoisotopic (exact) mass is 168 g/mol. The molecule has 1 aliphatic carbocycles. The topological polar surface area (TPSA) is 106 Å². The summed E-state index contributed by atoms with van der Waals surface area (Å²) in [6, 6.07) is 0. The molecule has 12 heavy (non-hydrogen) atoms. The van der Waals surface area contributed by atoms with E-state index >= 15 is 0 Å². The van der Waals surface area contributed by atoms with Crippen LogP contribution in [0.4, 0.5) is 0 Å².